The van der Waals surface area contributed by atoms with Crippen LogP contribution in [0.1, 0.15) is 34.8 Å². The fraction of sp³-hybridized carbons (Fsp3) is 0.273. The third-order valence-electron chi connectivity index (χ3n) is 5.44. The second kappa shape index (κ2) is 9.42. The molecule has 9 heteroatoms. The third kappa shape index (κ3) is 5.01. The number of nitrogens with one attached hydrogen (secondary N) is 3. The van der Waals surface area contributed by atoms with Crippen LogP contribution < -0.4 is 14.8 Å². The van der Waals surface area contributed by atoms with Crippen molar-refractivity contribution in [2.75, 3.05) is 7.11 Å². The number of amides is 1. The second-order valence-corrected chi connectivity index (χ2v) is 8.23. The molecular weight excluding hydrogens is 416 g/mol. The van der Waals surface area contributed by atoms with Crippen LogP contribution in [-0.2, 0) is 11.3 Å². The number of carbonyl (C=O) groups excluding carboxylic acids is 1. The summed E-state index contributed by atoms with van der Waals surface area (Å²) in [4.78, 5) is 13.2. The van der Waals surface area contributed by atoms with Crippen molar-refractivity contribution >= 4 is 17.2 Å². The quantitative estimate of drug-likeness (QED) is 0.382. The molecule has 4 N–H and O–H groups in total. The molecule has 1 fully saturated rings. The van der Waals surface area contributed by atoms with Gasteiger partial charge in [0.15, 0.2) is 0 Å². The van der Waals surface area contributed by atoms with Crippen molar-refractivity contribution in [1.82, 2.24) is 20.2 Å². The van der Waals surface area contributed by atoms with Crippen molar-refractivity contribution < 1.29 is 18.3 Å². The van der Waals surface area contributed by atoms with Gasteiger partial charge in [0.1, 0.15) is 5.75 Å². The Morgan fingerprint density at radius 3 is 2.65 bits per heavy atom. The highest BCUT2D eigenvalue weighted by molar-refractivity contribution is 7.77. The zero-order valence-corrected chi connectivity index (χ0v) is 17.8. The molecule has 1 aromatic heterocycles. The van der Waals surface area contributed by atoms with Gasteiger partial charge in [0.2, 0.25) is 11.3 Å². The Kier molecular flexibility index (Phi) is 6.45. The monoisotopic (exact) mass is 440 g/mol. The Morgan fingerprint density at radius 2 is 2.03 bits per heavy atom. The minimum atomic E-state index is -2.19. The first-order valence-corrected chi connectivity index (χ1v) is 11.1. The Bertz CT molecular complexity index is 1050. The molecule has 0 spiro atoms. The van der Waals surface area contributed by atoms with Gasteiger partial charge < -0.3 is 10.1 Å². The molecule has 162 valence electrons. The maximum atomic E-state index is 13.2. The number of hydrogen-bond acceptors (Lipinski definition) is 4. The van der Waals surface area contributed by atoms with Crippen LogP contribution in [0.4, 0.5) is 0 Å². The van der Waals surface area contributed by atoms with Crippen molar-refractivity contribution in [1.29, 1.82) is 0 Å². The number of benzene rings is 2. The van der Waals surface area contributed by atoms with E-state index in [-0.39, 0.29) is 17.9 Å². The van der Waals surface area contributed by atoms with E-state index < -0.39 is 17.3 Å². The van der Waals surface area contributed by atoms with Crippen molar-refractivity contribution in [3.63, 3.8) is 0 Å². The van der Waals surface area contributed by atoms with Crippen molar-refractivity contribution in [2.45, 2.75) is 24.9 Å². The topological polar surface area (TPSA) is 116 Å². The largest absolute Gasteiger partial charge is 0.496 e. The van der Waals surface area contributed by atoms with E-state index in [1.807, 2.05) is 36.4 Å². The van der Waals surface area contributed by atoms with Gasteiger partial charge in [-0.15, -0.1) is 0 Å². The highest BCUT2D eigenvalue weighted by atomic mass is 32.2. The first-order chi connectivity index (χ1) is 15.1. The van der Waals surface area contributed by atoms with Crippen molar-refractivity contribution in [3.05, 3.63) is 72.1 Å². The second-order valence-electron chi connectivity index (χ2n) is 7.49. The first kappa shape index (κ1) is 21.2. The zero-order valence-electron chi connectivity index (χ0n) is 16.9. The number of H-pyrrole nitrogens is 1. The minimum absolute atomic E-state index is 0.222. The van der Waals surface area contributed by atoms with Crippen molar-refractivity contribution in [2.24, 2.45) is 5.92 Å². The molecule has 0 radical (unpaired) electrons. The van der Waals surface area contributed by atoms with Crippen LogP contribution in [0.3, 0.4) is 0 Å². The summed E-state index contributed by atoms with van der Waals surface area (Å²) in [5.41, 5.74) is 2.98. The zero-order chi connectivity index (χ0) is 21.8. The lowest BCUT2D eigenvalue weighted by Crippen LogP contribution is -2.45. The molecule has 3 aromatic rings. The van der Waals surface area contributed by atoms with E-state index in [0.29, 0.717) is 11.3 Å². The van der Waals surface area contributed by atoms with E-state index in [9.17, 15) is 13.6 Å². The number of carbonyl (C=O) groups is 1. The predicted molar refractivity (Wildman–Crippen MR) is 118 cm³/mol. The van der Waals surface area contributed by atoms with Gasteiger partial charge in [-0.1, -0.05) is 30.3 Å². The molecule has 2 aromatic carbocycles. The molecule has 4 rings (SSSR count). The molecule has 0 aliphatic heterocycles. The molecule has 1 heterocycles. The summed E-state index contributed by atoms with van der Waals surface area (Å²) in [5.74, 6) is 0.486. The molecule has 0 saturated heterocycles. The molecular formula is C22H24N4O4S. The van der Waals surface area contributed by atoms with E-state index in [1.165, 1.54) is 0 Å². The Labute approximate surface area is 182 Å². The number of rotatable bonds is 9. The lowest BCUT2D eigenvalue weighted by molar-refractivity contribution is 0.0926. The molecule has 1 saturated carbocycles. The van der Waals surface area contributed by atoms with Gasteiger partial charge in [-0.25, -0.2) is 8.93 Å². The number of aromatic amines is 1. The van der Waals surface area contributed by atoms with Crippen LogP contribution in [0.25, 0.3) is 11.1 Å². The Hall–Kier alpha value is -3.01. The number of ether oxygens (including phenoxy) is 1. The minimum Gasteiger partial charge on any atom is -0.496 e. The lowest BCUT2D eigenvalue weighted by Gasteiger charge is -2.28. The summed E-state index contributed by atoms with van der Waals surface area (Å²) in [6, 6.07) is 13.9. The summed E-state index contributed by atoms with van der Waals surface area (Å²) in [7, 11) is 1.55. The van der Waals surface area contributed by atoms with E-state index in [4.69, 9.17) is 4.74 Å². The molecule has 31 heavy (non-hydrogen) atoms. The molecule has 1 amide bonds. The summed E-state index contributed by atoms with van der Waals surface area (Å²) >= 11 is -2.19. The normalized spacial score (nSPS) is 16.3. The molecule has 1 aliphatic carbocycles. The first-order valence-electron chi connectivity index (χ1n) is 9.97. The molecule has 1 aliphatic rings. The lowest BCUT2D eigenvalue weighted by atomic mass is 9.95. The number of nitrogens with zero attached hydrogens (tertiary/aromatic N) is 1. The van der Waals surface area contributed by atoms with Crippen LogP contribution in [0.15, 0.2) is 60.9 Å². The van der Waals surface area contributed by atoms with E-state index in [0.717, 1.165) is 29.5 Å². The summed E-state index contributed by atoms with van der Waals surface area (Å²) in [6.45, 7) is 0. The SMILES string of the molecule is COc1cc(C(=O)N[C@@H](c2ccccc2)C(NS(=O)O)C2CC2)ccc1-c1cn[nH]c1. The average molecular weight is 441 g/mol. The van der Waals surface area contributed by atoms with Gasteiger partial charge in [0.25, 0.3) is 5.91 Å². The maximum Gasteiger partial charge on any atom is 0.251 e. The van der Waals surface area contributed by atoms with Gasteiger partial charge in [0.05, 0.1) is 19.3 Å². The summed E-state index contributed by atoms with van der Waals surface area (Å²) in [6.07, 6.45) is 5.33. The number of hydrogen-bond donors (Lipinski definition) is 4. The molecule has 0 bridgehead atoms. The van der Waals surface area contributed by atoms with Crippen LogP contribution in [0.2, 0.25) is 0 Å². The average Bonchev–Trinajstić information content (AvgIpc) is 3.49. The third-order valence-corrected chi connectivity index (χ3v) is 5.92. The predicted octanol–water partition coefficient (Wildman–Crippen LogP) is 3.06. The Morgan fingerprint density at radius 1 is 1.26 bits per heavy atom. The number of methoxy groups -OCH3 is 1. The Balaban J connectivity index is 1.62. The van der Waals surface area contributed by atoms with Gasteiger partial charge >= 0.3 is 0 Å². The standard InChI is InChI=1S/C22H24N4O4S/c1-30-19-11-16(9-10-18(19)17-12-23-24-13-17)22(27)25-20(14-5-3-2-4-6-14)21(15-7-8-15)26-31(28)29/h2-6,9-13,15,20-21,26H,7-8H2,1H3,(H,23,24)(H,25,27)(H,28,29)/t20-,21?/m0/s1. The molecule has 8 nitrogen and oxygen atoms in total. The molecule has 2 unspecified atom stereocenters. The van der Waals surface area contributed by atoms with E-state index >= 15 is 0 Å². The van der Waals surface area contributed by atoms with Crippen molar-refractivity contribution in [3.8, 4) is 16.9 Å². The van der Waals surface area contributed by atoms with Gasteiger partial charge in [0, 0.05) is 28.9 Å². The van der Waals surface area contributed by atoms with Crippen LogP contribution >= 0.6 is 0 Å². The van der Waals surface area contributed by atoms with Gasteiger partial charge in [-0.2, -0.15) is 5.10 Å². The maximum absolute atomic E-state index is 13.2. The fourth-order valence-electron chi connectivity index (χ4n) is 3.74. The summed E-state index contributed by atoms with van der Waals surface area (Å²) < 4.78 is 29.2. The van der Waals surface area contributed by atoms with E-state index in [1.54, 1.807) is 31.6 Å². The van der Waals surface area contributed by atoms with E-state index in [2.05, 4.69) is 20.2 Å². The van der Waals surface area contributed by atoms with Gasteiger partial charge in [-0.3, -0.25) is 14.4 Å². The fourth-order valence-corrected chi connectivity index (χ4v) is 4.30. The van der Waals surface area contributed by atoms with Crippen LogP contribution in [0, 0.1) is 5.92 Å². The van der Waals surface area contributed by atoms with Crippen LogP contribution in [-0.4, -0.2) is 38.0 Å². The smallest absolute Gasteiger partial charge is 0.251 e. The highest BCUT2D eigenvalue weighted by Gasteiger charge is 2.39. The number of aromatic nitrogens is 2. The summed E-state index contributed by atoms with van der Waals surface area (Å²) in [5, 5.41) is 9.79. The molecule has 3 atom stereocenters. The van der Waals surface area contributed by atoms with Crippen LogP contribution in [0.5, 0.6) is 5.75 Å². The van der Waals surface area contributed by atoms with Gasteiger partial charge in [-0.05, 0) is 42.5 Å². The highest BCUT2D eigenvalue weighted by Crippen LogP contribution is 2.38.